The van der Waals surface area contributed by atoms with Gasteiger partial charge in [-0.2, -0.15) is 10.2 Å². The summed E-state index contributed by atoms with van der Waals surface area (Å²) in [5, 5.41) is 11.1. The van der Waals surface area contributed by atoms with Gasteiger partial charge in [0, 0.05) is 17.6 Å². The van der Waals surface area contributed by atoms with Gasteiger partial charge in [-0.05, 0) is 31.7 Å². The highest BCUT2D eigenvalue weighted by molar-refractivity contribution is 5.94. The Bertz CT molecular complexity index is 753. The van der Waals surface area contributed by atoms with E-state index in [0.717, 1.165) is 31.2 Å². The van der Waals surface area contributed by atoms with E-state index in [2.05, 4.69) is 15.5 Å². The second-order valence-corrected chi connectivity index (χ2v) is 7.21. The molecule has 0 radical (unpaired) electrons. The number of rotatable bonds is 4. The first-order valence-corrected chi connectivity index (χ1v) is 8.67. The minimum absolute atomic E-state index is 0.153. The molecule has 3 fully saturated rings. The van der Waals surface area contributed by atoms with Crippen molar-refractivity contribution < 1.29 is 9.53 Å². The molecule has 2 saturated heterocycles. The van der Waals surface area contributed by atoms with E-state index >= 15 is 0 Å². The number of ether oxygens (including phenoxy) is 1. The van der Waals surface area contributed by atoms with Gasteiger partial charge >= 0.3 is 0 Å². The first-order chi connectivity index (χ1) is 12.1. The number of fused-ring (bicyclic) bond motifs is 3. The van der Waals surface area contributed by atoms with Crippen molar-refractivity contribution in [3.63, 3.8) is 0 Å². The number of hydrogen-bond acceptors (Lipinski definition) is 5. The third-order valence-electron chi connectivity index (χ3n) is 5.38. The molecule has 2 aliphatic heterocycles. The van der Waals surface area contributed by atoms with Gasteiger partial charge in [-0.1, -0.05) is 30.3 Å². The molecule has 25 heavy (non-hydrogen) atoms. The molecule has 1 amide bonds. The molecule has 0 unspecified atom stereocenters. The van der Waals surface area contributed by atoms with Crippen LogP contribution in [0.4, 0.5) is 0 Å². The summed E-state index contributed by atoms with van der Waals surface area (Å²) in [4.78, 5) is 12.5. The molecule has 2 aromatic rings. The number of aromatic nitrogens is 2. The molecule has 3 aliphatic rings. The first kappa shape index (κ1) is 16.2. The zero-order valence-corrected chi connectivity index (χ0v) is 14.1. The lowest BCUT2D eigenvalue weighted by molar-refractivity contribution is -0.149. The topological polar surface area (TPSA) is 90.1 Å². The molecule has 1 saturated carbocycles. The number of benzene rings is 1. The van der Waals surface area contributed by atoms with Crippen LogP contribution < -0.4 is 11.1 Å². The largest absolute Gasteiger partial charge is 0.371 e. The summed E-state index contributed by atoms with van der Waals surface area (Å²) in [6, 6.07) is 11.5. The molecule has 1 aliphatic carbocycles. The Labute approximate surface area is 146 Å². The zero-order valence-electron chi connectivity index (χ0n) is 14.1. The normalized spacial score (nSPS) is 27.9. The number of nitrogens with one attached hydrogen (secondary N) is 1. The fourth-order valence-corrected chi connectivity index (χ4v) is 3.60. The number of carbonyl (C=O) groups is 1. The molecule has 0 atom stereocenters. The Kier molecular flexibility index (Phi) is 4.01. The van der Waals surface area contributed by atoms with Crippen LogP contribution in [-0.2, 0) is 4.74 Å². The van der Waals surface area contributed by atoms with Crippen molar-refractivity contribution >= 4 is 5.91 Å². The van der Waals surface area contributed by atoms with Gasteiger partial charge in [-0.15, -0.1) is 0 Å². The number of carbonyl (C=O) groups excluding carboxylic acids is 1. The van der Waals surface area contributed by atoms with Crippen molar-refractivity contribution in [2.75, 3.05) is 13.2 Å². The van der Waals surface area contributed by atoms with Crippen LogP contribution in [0.5, 0.6) is 0 Å². The summed E-state index contributed by atoms with van der Waals surface area (Å²) in [7, 11) is 0. The molecular formula is C19H22N4O2. The van der Waals surface area contributed by atoms with Crippen molar-refractivity contribution in [2.45, 2.75) is 36.8 Å². The fourth-order valence-electron chi connectivity index (χ4n) is 3.60. The summed E-state index contributed by atoms with van der Waals surface area (Å²) in [6.45, 7) is 1.09. The zero-order chi connectivity index (χ0) is 17.3. The Balaban J connectivity index is 1.44. The molecule has 1 aromatic carbocycles. The van der Waals surface area contributed by atoms with Crippen molar-refractivity contribution in [3.8, 4) is 11.3 Å². The maximum atomic E-state index is 12.5. The summed E-state index contributed by atoms with van der Waals surface area (Å²) in [5.74, 6) is -0.153. The van der Waals surface area contributed by atoms with E-state index in [-0.39, 0.29) is 17.0 Å². The molecule has 6 heteroatoms. The SMILES string of the molecule is NC12CCC(CNC(=O)c3cnnc(-c4ccccc4)c3)(CC1)OC2. The number of nitrogens with two attached hydrogens (primary N) is 1. The molecule has 3 heterocycles. The summed E-state index contributed by atoms with van der Waals surface area (Å²) < 4.78 is 5.98. The Morgan fingerprint density at radius 1 is 1.20 bits per heavy atom. The Morgan fingerprint density at radius 3 is 2.64 bits per heavy atom. The van der Waals surface area contributed by atoms with Gasteiger partial charge in [0.15, 0.2) is 0 Å². The minimum Gasteiger partial charge on any atom is -0.371 e. The lowest BCUT2D eigenvalue weighted by atomic mass is 9.71. The number of nitrogens with zero attached hydrogens (tertiary/aromatic N) is 2. The minimum atomic E-state index is -0.264. The van der Waals surface area contributed by atoms with Crippen molar-refractivity contribution in [1.82, 2.24) is 15.5 Å². The van der Waals surface area contributed by atoms with Crippen LogP contribution in [0.2, 0.25) is 0 Å². The maximum absolute atomic E-state index is 12.5. The number of hydrogen-bond donors (Lipinski definition) is 2. The third kappa shape index (κ3) is 3.27. The third-order valence-corrected chi connectivity index (χ3v) is 5.38. The van der Waals surface area contributed by atoms with E-state index in [9.17, 15) is 4.79 Å². The second kappa shape index (κ2) is 6.20. The molecule has 5 rings (SSSR count). The van der Waals surface area contributed by atoms with Gasteiger partial charge in [0.1, 0.15) is 0 Å². The van der Waals surface area contributed by atoms with E-state index in [0.29, 0.717) is 24.4 Å². The standard InChI is InChI=1S/C19H22N4O2/c20-18-6-8-19(9-7-18,25-13-18)12-21-17(24)15-10-16(23-22-11-15)14-4-2-1-3-5-14/h1-5,10-11H,6-9,12-13,20H2,(H,21,24). The van der Waals surface area contributed by atoms with Crippen molar-refractivity contribution in [2.24, 2.45) is 5.73 Å². The smallest absolute Gasteiger partial charge is 0.253 e. The fraction of sp³-hybridized carbons (Fsp3) is 0.421. The highest BCUT2D eigenvalue weighted by Crippen LogP contribution is 2.41. The average Bonchev–Trinajstić information content (AvgIpc) is 2.68. The van der Waals surface area contributed by atoms with Crippen LogP contribution in [0, 0.1) is 0 Å². The van der Waals surface area contributed by atoms with Crippen LogP contribution >= 0.6 is 0 Å². The maximum Gasteiger partial charge on any atom is 0.253 e. The van der Waals surface area contributed by atoms with Crippen molar-refractivity contribution in [1.29, 1.82) is 0 Å². The van der Waals surface area contributed by atoms with Crippen LogP contribution in [0.1, 0.15) is 36.0 Å². The first-order valence-electron chi connectivity index (χ1n) is 8.67. The number of amides is 1. The second-order valence-electron chi connectivity index (χ2n) is 7.21. The van der Waals surface area contributed by atoms with Crippen LogP contribution in [0.25, 0.3) is 11.3 Å². The van der Waals surface area contributed by atoms with E-state index < -0.39 is 0 Å². The molecule has 1 aromatic heterocycles. The van der Waals surface area contributed by atoms with Gasteiger partial charge in [-0.3, -0.25) is 4.79 Å². The molecule has 2 bridgehead atoms. The molecular weight excluding hydrogens is 316 g/mol. The van der Waals surface area contributed by atoms with Gasteiger partial charge in [0.25, 0.3) is 5.91 Å². The predicted octanol–water partition coefficient (Wildman–Crippen LogP) is 1.91. The summed E-state index contributed by atoms with van der Waals surface area (Å²) in [6.07, 6.45) is 5.20. The molecule has 0 spiro atoms. The predicted molar refractivity (Wildman–Crippen MR) is 93.9 cm³/mol. The summed E-state index contributed by atoms with van der Waals surface area (Å²) >= 11 is 0. The quantitative estimate of drug-likeness (QED) is 0.889. The van der Waals surface area contributed by atoms with E-state index in [1.807, 2.05) is 30.3 Å². The van der Waals surface area contributed by atoms with E-state index in [1.165, 1.54) is 6.20 Å². The Morgan fingerprint density at radius 2 is 1.96 bits per heavy atom. The van der Waals surface area contributed by atoms with Gasteiger partial charge in [0.2, 0.25) is 0 Å². The highest BCUT2D eigenvalue weighted by Gasteiger charge is 2.47. The molecule has 6 nitrogen and oxygen atoms in total. The highest BCUT2D eigenvalue weighted by atomic mass is 16.5. The van der Waals surface area contributed by atoms with Gasteiger partial charge in [0.05, 0.1) is 29.7 Å². The van der Waals surface area contributed by atoms with Crippen LogP contribution in [0.3, 0.4) is 0 Å². The van der Waals surface area contributed by atoms with E-state index in [1.54, 1.807) is 6.07 Å². The Hall–Kier alpha value is -2.31. The van der Waals surface area contributed by atoms with Gasteiger partial charge < -0.3 is 15.8 Å². The van der Waals surface area contributed by atoms with Gasteiger partial charge in [-0.25, -0.2) is 0 Å². The lowest BCUT2D eigenvalue weighted by Crippen LogP contribution is -2.62. The monoisotopic (exact) mass is 338 g/mol. The lowest BCUT2D eigenvalue weighted by Gasteiger charge is -2.51. The molecule has 130 valence electrons. The molecule has 3 N–H and O–H groups in total. The van der Waals surface area contributed by atoms with Crippen LogP contribution in [0.15, 0.2) is 42.6 Å². The average molecular weight is 338 g/mol. The summed E-state index contributed by atoms with van der Waals surface area (Å²) in [5.41, 5.74) is 7.95. The van der Waals surface area contributed by atoms with Crippen LogP contribution in [-0.4, -0.2) is 40.4 Å². The van der Waals surface area contributed by atoms with Crippen molar-refractivity contribution in [3.05, 3.63) is 48.2 Å². The van der Waals surface area contributed by atoms with E-state index in [4.69, 9.17) is 10.5 Å².